The summed E-state index contributed by atoms with van der Waals surface area (Å²) < 4.78 is 28.4. The van der Waals surface area contributed by atoms with Crippen LogP contribution in [0.2, 0.25) is 5.02 Å². The van der Waals surface area contributed by atoms with Crippen LogP contribution >= 0.6 is 11.6 Å². The second-order valence-corrected chi connectivity index (χ2v) is 13.1. The predicted octanol–water partition coefficient (Wildman–Crippen LogP) is 6.56. The molecule has 4 heterocycles. The van der Waals surface area contributed by atoms with Crippen LogP contribution in [0.3, 0.4) is 0 Å². The number of rotatable bonds is 5. The molecule has 0 aliphatic carbocycles. The molecule has 44 heavy (non-hydrogen) atoms. The first-order chi connectivity index (χ1) is 21.0. The first-order valence-corrected chi connectivity index (χ1v) is 15.5. The van der Waals surface area contributed by atoms with Crippen LogP contribution < -0.4 is 9.64 Å². The van der Waals surface area contributed by atoms with Crippen LogP contribution in [-0.2, 0) is 4.74 Å². The van der Waals surface area contributed by atoms with Gasteiger partial charge in [-0.2, -0.15) is 9.97 Å². The lowest BCUT2D eigenvalue weighted by molar-refractivity contribution is 0.0218. The Balaban J connectivity index is 1.41. The van der Waals surface area contributed by atoms with Gasteiger partial charge in [0, 0.05) is 53.9 Å². The number of likely N-dealkylation sites (tertiary alicyclic amines) is 1. The number of fused-ring (bicyclic) bond motifs is 2. The first kappa shape index (κ1) is 30.3. The molecule has 2 atom stereocenters. The van der Waals surface area contributed by atoms with Crippen molar-refractivity contribution >= 4 is 45.2 Å². The minimum absolute atomic E-state index is 0.113. The van der Waals surface area contributed by atoms with Crippen LogP contribution in [0.15, 0.2) is 42.6 Å². The smallest absolute Gasteiger partial charge is 0.410 e. The summed E-state index contributed by atoms with van der Waals surface area (Å²) in [5.74, 6) is -0.0449. The molecule has 232 valence electrons. The molecule has 2 fully saturated rings. The number of pyridine rings is 1. The Morgan fingerprint density at radius 2 is 1.89 bits per heavy atom. The summed E-state index contributed by atoms with van der Waals surface area (Å²) in [6.07, 6.45) is 3.39. The van der Waals surface area contributed by atoms with Crippen molar-refractivity contribution in [3.05, 3.63) is 53.4 Å². The summed E-state index contributed by atoms with van der Waals surface area (Å²) in [6.45, 7) is 10.3. The Labute approximate surface area is 261 Å². The van der Waals surface area contributed by atoms with Gasteiger partial charge in [-0.25, -0.2) is 9.18 Å². The molecular weight excluding hydrogens is 583 g/mol. The molecule has 1 amide bonds. The second kappa shape index (κ2) is 12.0. The van der Waals surface area contributed by atoms with Crippen LogP contribution in [0.25, 0.3) is 32.9 Å². The summed E-state index contributed by atoms with van der Waals surface area (Å²) in [7, 11) is 2.08. The molecule has 2 aromatic carbocycles. The van der Waals surface area contributed by atoms with Gasteiger partial charge in [0.1, 0.15) is 29.2 Å². The van der Waals surface area contributed by atoms with Crippen molar-refractivity contribution < 1.29 is 18.7 Å². The Hall–Kier alpha value is -3.76. The normalized spacial score (nSPS) is 19.6. The summed E-state index contributed by atoms with van der Waals surface area (Å²) in [4.78, 5) is 32.8. The number of hydrogen-bond donors (Lipinski definition) is 0. The summed E-state index contributed by atoms with van der Waals surface area (Å²) >= 11 is 6.59. The summed E-state index contributed by atoms with van der Waals surface area (Å²) in [5, 5.41) is 2.61. The topological polar surface area (TPSA) is 83.9 Å². The molecular formula is C33H38ClFN6O3. The van der Waals surface area contributed by atoms with Gasteiger partial charge in [0.05, 0.1) is 5.39 Å². The molecule has 9 nitrogen and oxygen atoms in total. The fraction of sp³-hybridized carbons (Fsp3) is 0.455. The van der Waals surface area contributed by atoms with Gasteiger partial charge in [-0.05, 0) is 65.6 Å². The highest BCUT2D eigenvalue weighted by molar-refractivity contribution is 6.36. The monoisotopic (exact) mass is 620 g/mol. The molecule has 6 rings (SSSR count). The summed E-state index contributed by atoms with van der Waals surface area (Å²) in [6, 6.07) is 11.4. The van der Waals surface area contributed by atoms with Gasteiger partial charge >= 0.3 is 12.1 Å². The minimum Gasteiger partial charge on any atom is -0.462 e. The zero-order chi connectivity index (χ0) is 31.2. The van der Waals surface area contributed by atoms with Crippen molar-refractivity contribution in [3.8, 4) is 17.3 Å². The molecule has 0 radical (unpaired) electrons. The number of likely N-dealkylation sites (N-methyl/N-ethyl adjacent to an activating group) is 1. The van der Waals surface area contributed by atoms with Gasteiger partial charge in [0.15, 0.2) is 5.82 Å². The molecule has 0 unspecified atom stereocenters. The van der Waals surface area contributed by atoms with Gasteiger partial charge < -0.3 is 24.2 Å². The maximum atomic E-state index is 16.6. The number of piperazine rings is 1. The number of carbonyl (C=O) groups is 1. The minimum atomic E-state index is -0.588. The van der Waals surface area contributed by atoms with Gasteiger partial charge in [-0.15, -0.1) is 0 Å². The van der Waals surface area contributed by atoms with Crippen LogP contribution in [-0.4, -0.2) is 88.4 Å². The number of ether oxygens (including phenoxy) is 2. The Morgan fingerprint density at radius 3 is 2.59 bits per heavy atom. The molecule has 0 N–H and O–H groups in total. The van der Waals surface area contributed by atoms with E-state index >= 15 is 4.39 Å². The average Bonchev–Trinajstić information content (AvgIpc) is 3.39. The maximum Gasteiger partial charge on any atom is 0.410 e. The van der Waals surface area contributed by atoms with E-state index < -0.39 is 11.4 Å². The highest BCUT2D eigenvalue weighted by atomic mass is 35.5. The van der Waals surface area contributed by atoms with E-state index in [9.17, 15) is 4.79 Å². The van der Waals surface area contributed by atoms with Crippen molar-refractivity contribution in [2.24, 2.45) is 0 Å². The van der Waals surface area contributed by atoms with E-state index in [-0.39, 0.29) is 35.4 Å². The second-order valence-electron chi connectivity index (χ2n) is 12.7. The number of anilines is 1. The molecule has 0 bridgehead atoms. The Morgan fingerprint density at radius 1 is 1.11 bits per heavy atom. The van der Waals surface area contributed by atoms with E-state index in [4.69, 9.17) is 26.1 Å². The quantitative estimate of drug-likeness (QED) is 0.248. The maximum absolute atomic E-state index is 16.6. The number of hydrogen-bond acceptors (Lipinski definition) is 8. The zero-order valence-corrected chi connectivity index (χ0v) is 26.6. The van der Waals surface area contributed by atoms with E-state index in [1.54, 1.807) is 17.2 Å². The predicted molar refractivity (Wildman–Crippen MR) is 171 cm³/mol. The van der Waals surface area contributed by atoms with Gasteiger partial charge in [-0.1, -0.05) is 41.9 Å². The fourth-order valence-corrected chi connectivity index (χ4v) is 6.39. The number of nitrogens with zero attached hydrogens (tertiary/aromatic N) is 6. The van der Waals surface area contributed by atoms with Gasteiger partial charge in [0.2, 0.25) is 0 Å². The number of benzene rings is 2. The average molecular weight is 621 g/mol. The molecule has 0 spiro atoms. The number of aromatic nitrogens is 3. The van der Waals surface area contributed by atoms with E-state index in [2.05, 4.69) is 26.8 Å². The van der Waals surface area contributed by atoms with Crippen LogP contribution in [0.1, 0.15) is 40.5 Å². The van der Waals surface area contributed by atoms with E-state index in [0.717, 1.165) is 30.2 Å². The van der Waals surface area contributed by atoms with Crippen molar-refractivity contribution in [2.45, 2.75) is 58.2 Å². The third-order valence-corrected chi connectivity index (χ3v) is 8.70. The lowest BCUT2D eigenvalue weighted by Gasteiger charge is -2.41. The largest absolute Gasteiger partial charge is 0.462 e. The fourth-order valence-electron chi connectivity index (χ4n) is 6.11. The van der Waals surface area contributed by atoms with Gasteiger partial charge in [-0.3, -0.25) is 4.98 Å². The lowest BCUT2D eigenvalue weighted by Crippen LogP contribution is -2.55. The van der Waals surface area contributed by atoms with E-state index in [0.29, 0.717) is 48.0 Å². The molecule has 11 heteroatoms. The molecule has 2 saturated heterocycles. The summed E-state index contributed by atoms with van der Waals surface area (Å²) in [5.41, 5.74) is 0.280. The molecule has 2 aromatic heterocycles. The van der Waals surface area contributed by atoms with Crippen molar-refractivity contribution in [1.82, 2.24) is 24.8 Å². The van der Waals surface area contributed by atoms with Crippen molar-refractivity contribution in [2.75, 3.05) is 44.7 Å². The first-order valence-electron chi connectivity index (χ1n) is 15.1. The van der Waals surface area contributed by atoms with Crippen LogP contribution in [0, 0.1) is 5.82 Å². The number of halogens is 2. The standard InChI is InChI=1S/C33H38ClFN6O3/c1-20-18-40(32(42)44-33(2,3)4)15-16-41(20)30-24-17-36-28(23-12-6-9-21-10-7-13-25(34)26(21)23)27(35)29(24)37-31(38-30)43-19-22-11-8-14-39(22)5/h6-7,9-10,12-13,17,20,22H,8,11,14-16,18-19H2,1-5H3/t20-,22+/m1/s1. The molecule has 4 aromatic rings. The Kier molecular flexibility index (Phi) is 8.24. The molecule has 0 saturated carbocycles. The lowest BCUT2D eigenvalue weighted by atomic mass is 10.0. The van der Waals surface area contributed by atoms with Crippen molar-refractivity contribution in [1.29, 1.82) is 0 Å². The van der Waals surface area contributed by atoms with E-state index in [1.807, 2.05) is 58.0 Å². The van der Waals surface area contributed by atoms with Crippen molar-refractivity contribution in [3.63, 3.8) is 0 Å². The number of amides is 1. The molecule has 2 aliphatic rings. The Bertz CT molecular complexity index is 1710. The highest BCUT2D eigenvalue weighted by Gasteiger charge is 2.33. The number of carbonyl (C=O) groups excluding carboxylic acids is 1. The highest BCUT2D eigenvalue weighted by Crippen LogP contribution is 2.38. The van der Waals surface area contributed by atoms with Gasteiger partial charge in [0.25, 0.3) is 0 Å². The molecule has 2 aliphatic heterocycles. The SMILES string of the molecule is C[C@@H]1CN(C(=O)OC(C)(C)C)CCN1c1nc(OC[C@@H]2CCCN2C)nc2c(F)c(-c3cccc4cccc(Cl)c34)ncc12. The van der Waals surface area contributed by atoms with Crippen LogP contribution in [0.5, 0.6) is 6.01 Å². The third kappa shape index (κ3) is 5.97. The van der Waals surface area contributed by atoms with E-state index in [1.165, 1.54) is 0 Å². The van der Waals surface area contributed by atoms with Crippen LogP contribution in [0.4, 0.5) is 15.0 Å². The zero-order valence-electron chi connectivity index (χ0n) is 25.8. The third-order valence-electron chi connectivity index (χ3n) is 8.38.